The molecule has 1 atom stereocenters. The van der Waals surface area contributed by atoms with Crippen LogP contribution in [0.1, 0.15) is 78.4 Å². The molecule has 1 amide bonds. The molecule has 0 unspecified atom stereocenters. The van der Waals surface area contributed by atoms with Crippen LogP contribution >= 0.6 is 0 Å². The van der Waals surface area contributed by atoms with Gasteiger partial charge in [0.2, 0.25) is 0 Å². The maximum atomic E-state index is 13.3. The van der Waals surface area contributed by atoms with Gasteiger partial charge in [-0.1, -0.05) is 24.3 Å². The van der Waals surface area contributed by atoms with E-state index in [0.717, 1.165) is 38.5 Å². The number of aliphatic hydroxyl groups is 1. The van der Waals surface area contributed by atoms with E-state index in [9.17, 15) is 23.1 Å². The molecule has 2 aliphatic carbocycles. The third kappa shape index (κ3) is 4.77. The van der Waals surface area contributed by atoms with Gasteiger partial charge in [-0.15, -0.1) is 0 Å². The summed E-state index contributed by atoms with van der Waals surface area (Å²) < 4.78 is 39.3. The van der Waals surface area contributed by atoms with E-state index in [0.29, 0.717) is 24.0 Å². The average Bonchev–Trinajstić information content (AvgIpc) is 3.64. The van der Waals surface area contributed by atoms with Gasteiger partial charge in [0.25, 0.3) is 5.91 Å². The van der Waals surface area contributed by atoms with Crippen molar-refractivity contribution in [1.29, 1.82) is 5.26 Å². The molecule has 2 aromatic carbocycles. The SMILES string of the molecule is C[C@](O)(c1ccc(C(=O)N(C2CCC(c3ccc(C#N)cc3)CC2)C2CC2)cc1)C(F)(F)F. The number of nitrogens with zero attached hydrogens (tertiary/aromatic N) is 2. The molecule has 0 heterocycles. The molecule has 2 saturated carbocycles. The molecule has 0 spiro atoms. The standard InChI is InChI=1S/C26H27F3N2O2/c1-25(33,26(27,28)29)21-10-6-20(7-11-21)24(32)31(23-14-15-23)22-12-8-19(9-13-22)18-4-2-17(16-30)3-5-18/h2-7,10-11,19,22-23,33H,8-9,12-15H2,1H3/t19?,22?,25-/m0/s1. The molecule has 2 fully saturated rings. The highest BCUT2D eigenvalue weighted by atomic mass is 19.4. The molecule has 0 saturated heterocycles. The number of halogens is 3. The van der Waals surface area contributed by atoms with Crippen molar-refractivity contribution < 1.29 is 23.1 Å². The monoisotopic (exact) mass is 456 g/mol. The largest absolute Gasteiger partial charge is 0.421 e. The van der Waals surface area contributed by atoms with Crippen molar-refractivity contribution in [2.75, 3.05) is 0 Å². The van der Waals surface area contributed by atoms with Crippen LogP contribution in [0.2, 0.25) is 0 Å². The predicted octanol–water partition coefficient (Wildman–Crippen LogP) is 5.66. The molecular formula is C26H27F3N2O2. The van der Waals surface area contributed by atoms with E-state index in [2.05, 4.69) is 6.07 Å². The maximum absolute atomic E-state index is 13.3. The van der Waals surface area contributed by atoms with E-state index in [-0.39, 0.29) is 23.6 Å². The summed E-state index contributed by atoms with van der Waals surface area (Å²) in [7, 11) is 0. The van der Waals surface area contributed by atoms with Crippen molar-refractivity contribution >= 4 is 5.91 Å². The lowest BCUT2D eigenvalue weighted by atomic mass is 9.81. The van der Waals surface area contributed by atoms with Gasteiger partial charge in [0, 0.05) is 17.6 Å². The first-order valence-electron chi connectivity index (χ1n) is 11.3. The minimum absolute atomic E-state index is 0.109. The second kappa shape index (κ2) is 8.83. The predicted molar refractivity (Wildman–Crippen MR) is 117 cm³/mol. The van der Waals surface area contributed by atoms with Crippen LogP contribution in [0.3, 0.4) is 0 Å². The number of alkyl halides is 3. The van der Waals surface area contributed by atoms with Gasteiger partial charge < -0.3 is 10.0 Å². The molecule has 174 valence electrons. The summed E-state index contributed by atoms with van der Waals surface area (Å²) in [6.07, 6.45) is 0.721. The van der Waals surface area contributed by atoms with Crippen molar-refractivity contribution in [2.45, 2.75) is 75.2 Å². The summed E-state index contributed by atoms with van der Waals surface area (Å²) in [6, 6.07) is 15.3. The van der Waals surface area contributed by atoms with Crippen LogP contribution in [0.25, 0.3) is 0 Å². The van der Waals surface area contributed by atoms with Gasteiger partial charge in [-0.05, 0) is 86.8 Å². The first kappa shape index (κ1) is 23.3. The van der Waals surface area contributed by atoms with Crippen LogP contribution in [0.5, 0.6) is 0 Å². The van der Waals surface area contributed by atoms with Crippen molar-refractivity contribution in [2.24, 2.45) is 0 Å². The second-order valence-electron chi connectivity index (χ2n) is 9.33. The molecule has 33 heavy (non-hydrogen) atoms. The van der Waals surface area contributed by atoms with E-state index in [1.54, 1.807) is 0 Å². The number of carbonyl (C=O) groups is 1. The lowest BCUT2D eigenvalue weighted by Crippen LogP contribution is -2.43. The van der Waals surface area contributed by atoms with Crippen molar-refractivity contribution in [3.05, 3.63) is 70.8 Å². The molecule has 0 radical (unpaired) electrons. The Kier molecular flexibility index (Phi) is 6.24. The van der Waals surface area contributed by atoms with Gasteiger partial charge in [0.15, 0.2) is 5.60 Å². The molecule has 0 bridgehead atoms. The summed E-state index contributed by atoms with van der Waals surface area (Å²) in [4.78, 5) is 15.3. The Morgan fingerprint density at radius 1 is 0.939 bits per heavy atom. The van der Waals surface area contributed by atoms with E-state index >= 15 is 0 Å². The molecule has 0 aromatic heterocycles. The third-order valence-electron chi connectivity index (χ3n) is 7.02. The highest BCUT2D eigenvalue weighted by Crippen LogP contribution is 2.41. The minimum Gasteiger partial charge on any atom is -0.376 e. The van der Waals surface area contributed by atoms with E-state index in [4.69, 9.17) is 5.26 Å². The minimum atomic E-state index is -4.80. The van der Waals surface area contributed by atoms with E-state index in [1.165, 1.54) is 29.8 Å². The Balaban J connectivity index is 1.45. The summed E-state index contributed by atoms with van der Waals surface area (Å²) in [5.41, 5.74) is -1.05. The lowest BCUT2D eigenvalue weighted by molar-refractivity contribution is -0.258. The summed E-state index contributed by atoms with van der Waals surface area (Å²) in [5.74, 6) is 0.242. The van der Waals surface area contributed by atoms with Gasteiger partial charge >= 0.3 is 6.18 Å². The van der Waals surface area contributed by atoms with Gasteiger partial charge in [-0.25, -0.2) is 0 Å². The van der Waals surface area contributed by atoms with Crippen LogP contribution in [0, 0.1) is 11.3 Å². The van der Waals surface area contributed by atoms with Crippen LogP contribution in [0.15, 0.2) is 48.5 Å². The lowest BCUT2D eigenvalue weighted by Gasteiger charge is -2.37. The number of rotatable bonds is 5. The molecule has 2 aliphatic rings. The fourth-order valence-electron chi connectivity index (χ4n) is 4.75. The van der Waals surface area contributed by atoms with Crippen LogP contribution in [0.4, 0.5) is 13.2 Å². The first-order chi connectivity index (χ1) is 15.6. The van der Waals surface area contributed by atoms with Gasteiger partial charge in [0.05, 0.1) is 11.6 Å². The number of nitriles is 1. The molecule has 7 heteroatoms. The fourth-order valence-corrected chi connectivity index (χ4v) is 4.75. The Hall–Kier alpha value is -2.85. The third-order valence-corrected chi connectivity index (χ3v) is 7.02. The smallest absolute Gasteiger partial charge is 0.376 e. The van der Waals surface area contributed by atoms with Gasteiger partial charge in [0.1, 0.15) is 0 Å². The molecule has 4 rings (SSSR count). The maximum Gasteiger partial charge on any atom is 0.421 e. The molecule has 0 aliphatic heterocycles. The molecular weight excluding hydrogens is 429 g/mol. The molecule has 1 N–H and O–H groups in total. The normalized spacial score (nSPS) is 22.8. The number of benzene rings is 2. The zero-order valence-corrected chi connectivity index (χ0v) is 18.5. The Labute approximate surface area is 191 Å². The summed E-state index contributed by atoms with van der Waals surface area (Å²) in [6.45, 7) is 0.715. The van der Waals surface area contributed by atoms with E-state index < -0.39 is 11.8 Å². The summed E-state index contributed by atoms with van der Waals surface area (Å²) >= 11 is 0. The van der Waals surface area contributed by atoms with Crippen molar-refractivity contribution in [3.8, 4) is 6.07 Å². The van der Waals surface area contributed by atoms with Crippen LogP contribution in [-0.2, 0) is 5.60 Å². The molecule has 2 aromatic rings. The Morgan fingerprint density at radius 2 is 1.45 bits per heavy atom. The number of hydrogen-bond acceptors (Lipinski definition) is 3. The number of hydrogen-bond donors (Lipinski definition) is 1. The zero-order chi connectivity index (χ0) is 23.8. The highest BCUT2D eigenvalue weighted by Gasteiger charge is 2.51. The average molecular weight is 457 g/mol. The van der Waals surface area contributed by atoms with Crippen LogP contribution in [-0.4, -0.2) is 34.2 Å². The number of amides is 1. The van der Waals surface area contributed by atoms with Gasteiger partial charge in [-0.3, -0.25) is 4.79 Å². The zero-order valence-electron chi connectivity index (χ0n) is 18.5. The van der Waals surface area contributed by atoms with Gasteiger partial charge in [-0.2, -0.15) is 18.4 Å². The van der Waals surface area contributed by atoms with Crippen LogP contribution < -0.4 is 0 Å². The topological polar surface area (TPSA) is 64.3 Å². The Morgan fingerprint density at radius 3 is 1.91 bits per heavy atom. The number of carbonyl (C=O) groups excluding carboxylic acids is 1. The van der Waals surface area contributed by atoms with Crippen molar-refractivity contribution in [1.82, 2.24) is 4.90 Å². The fraction of sp³-hybridized carbons (Fsp3) is 0.462. The van der Waals surface area contributed by atoms with E-state index in [1.807, 2.05) is 29.2 Å². The summed E-state index contributed by atoms with van der Waals surface area (Å²) in [5, 5.41) is 18.9. The Bertz CT molecular complexity index is 1030. The molecule has 4 nitrogen and oxygen atoms in total. The quantitative estimate of drug-likeness (QED) is 0.632. The highest BCUT2D eigenvalue weighted by molar-refractivity contribution is 5.95. The second-order valence-corrected chi connectivity index (χ2v) is 9.33. The first-order valence-corrected chi connectivity index (χ1v) is 11.3. The van der Waals surface area contributed by atoms with Crippen molar-refractivity contribution in [3.63, 3.8) is 0 Å².